The highest BCUT2D eigenvalue weighted by Crippen LogP contribution is 2.48. The zero-order valence-corrected chi connectivity index (χ0v) is 19.4. The van der Waals surface area contributed by atoms with E-state index >= 15 is 0 Å². The number of nitrogens with zero attached hydrogens (tertiary/aromatic N) is 1. The number of quaternary nitrogens is 1. The van der Waals surface area contributed by atoms with Gasteiger partial charge in [-0.15, -0.1) is 0 Å². The zero-order chi connectivity index (χ0) is 22.4. The van der Waals surface area contributed by atoms with Gasteiger partial charge in [0.05, 0.1) is 26.3 Å². The van der Waals surface area contributed by atoms with Crippen LogP contribution in [0.25, 0.3) is 0 Å². The Morgan fingerprint density at radius 3 is 2.55 bits per heavy atom. The third-order valence-corrected chi connectivity index (χ3v) is 5.84. The maximum absolute atomic E-state index is 13.4. The van der Waals surface area contributed by atoms with E-state index in [4.69, 9.17) is 9.47 Å². The molecule has 1 aromatic carbocycles. The van der Waals surface area contributed by atoms with Crippen molar-refractivity contribution < 1.29 is 24.0 Å². The highest BCUT2D eigenvalue weighted by Gasteiger charge is 2.46. The van der Waals surface area contributed by atoms with E-state index in [0.29, 0.717) is 19.0 Å². The summed E-state index contributed by atoms with van der Waals surface area (Å²) in [6.45, 7) is 13.0. The molecule has 3 atom stereocenters. The Hall–Kier alpha value is -2.12. The van der Waals surface area contributed by atoms with Crippen LogP contribution in [-0.2, 0) is 14.3 Å². The van der Waals surface area contributed by atoms with E-state index in [1.165, 1.54) is 10.5 Å². The minimum absolute atomic E-state index is 0.0378. The van der Waals surface area contributed by atoms with Gasteiger partial charge in [-0.1, -0.05) is 30.3 Å². The quantitative estimate of drug-likeness (QED) is 0.652. The molecule has 1 saturated heterocycles. The van der Waals surface area contributed by atoms with Crippen molar-refractivity contribution in [3.05, 3.63) is 35.9 Å². The SMILES string of the molecule is C[C@H](CN(CC[NH+]1CCOCC1)C(=O)[C@H]1C[C@H]1c1ccccc1)NC(=O)OC(C)(C)C. The third kappa shape index (κ3) is 7.51. The fraction of sp³-hybridized carbons (Fsp3) is 0.667. The molecule has 1 aliphatic heterocycles. The first-order chi connectivity index (χ1) is 14.7. The van der Waals surface area contributed by atoms with Gasteiger partial charge in [-0.3, -0.25) is 4.79 Å². The van der Waals surface area contributed by atoms with Crippen LogP contribution in [0.4, 0.5) is 4.79 Å². The molecule has 7 nitrogen and oxygen atoms in total. The monoisotopic (exact) mass is 432 g/mol. The molecule has 1 saturated carbocycles. The van der Waals surface area contributed by atoms with Crippen molar-refractivity contribution in [2.75, 3.05) is 45.9 Å². The molecule has 0 radical (unpaired) electrons. The smallest absolute Gasteiger partial charge is 0.407 e. The molecule has 3 rings (SSSR count). The Morgan fingerprint density at radius 1 is 1.23 bits per heavy atom. The number of benzene rings is 1. The molecular formula is C24H38N3O4+. The summed E-state index contributed by atoms with van der Waals surface area (Å²) < 4.78 is 10.8. The Balaban J connectivity index is 1.58. The van der Waals surface area contributed by atoms with Gasteiger partial charge < -0.3 is 24.6 Å². The van der Waals surface area contributed by atoms with Gasteiger partial charge in [-0.05, 0) is 45.6 Å². The lowest BCUT2D eigenvalue weighted by Gasteiger charge is -2.30. The maximum atomic E-state index is 13.4. The lowest BCUT2D eigenvalue weighted by Crippen LogP contribution is -3.14. The van der Waals surface area contributed by atoms with Gasteiger partial charge in [0.25, 0.3) is 0 Å². The van der Waals surface area contributed by atoms with Crippen molar-refractivity contribution in [1.29, 1.82) is 0 Å². The minimum Gasteiger partial charge on any atom is -0.444 e. The highest BCUT2D eigenvalue weighted by molar-refractivity contribution is 5.83. The normalized spacial score (nSPS) is 22.5. The first-order valence-electron chi connectivity index (χ1n) is 11.5. The van der Waals surface area contributed by atoms with Gasteiger partial charge in [0.1, 0.15) is 18.7 Å². The summed E-state index contributed by atoms with van der Waals surface area (Å²) in [5, 5.41) is 2.88. The van der Waals surface area contributed by atoms with E-state index in [1.807, 2.05) is 50.8 Å². The average molecular weight is 433 g/mol. The number of alkyl carbamates (subject to hydrolysis) is 1. The zero-order valence-electron chi connectivity index (χ0n) is 19.4. The van der Waals surface area contributed by atoms with Crippen LogP contribution in [0.5, 0.6) is 0 Å². The fourth-order valence-electron chi connectivity index (χ4n) is 4.15. The van der Waals surface area contributed by atoms with E-state index in [2.05, 4.69) is 17.4 Å². The number of hydrogen-bond acceptors (Lipinski definition) is 4. The molecule has 1 aromatic rings. The summed E-state index contributed by atoms with van der Waals surface area (Å²) in [5.41, 5.74) is 0.690. The summed E-state index contributed by atoms with van der Waals surface area (Å²) in [7, 11) is 0. The fourth-order valence-corrected chi connectivity index (χ4v) is 4.15. The largest absolute Gasteiger partial charge is 0.444 e. The number of carbonyl (C=O) groups excluding carboxylic acids is 2. The molecule has 0 bridgehead atoms. The summed E-state index contributed by atoms with van der Waals surface area (Å²) in [4.78, 5) is 28.9. The van der Waals surface area contributed by atoms with Crippen molar-refractivity contribution >= 4 is 12.0 Å². The van der Waals surface area contributed by atoms with E-state index in [1.54, 1.807) is 0 Å². The number of hydrogen-bond donors (Lipinski definition) is 2. The van der Waals surface area contributed by atoms with Crippen LogP contribution in [0.15, 0.2) is 30.3 Å². The summed E-state index contributed by atoms with van der Waals surface area (Å²) in [6, 6.07) is 10.1. The van der Waals surface area contributed by atoms with E-state index < -0.39 is 11.7 Å². The third-order valence-electron chi connectivity index (χ3n) is 5.84. The second-order valence-electron chi connectivity index (χ2n) is 9.80. The van der Waals surface area contributed by atoms with Gasteiger partial charge in [-0.2, -0.15) is 0 Å². The molecule has 2 fully saturated rings. The maximum Gasteiger partial charge on any atom is 0.407 e. The van der Waals surface area contributed by atoms with Crippen molar-refractivity contribution in [2.45, 2.75) is 51.7 Å². The second-order valence-corrected chi connectivity index (χ2v) is 9.80. The Kier molecular flexibility index (Phi) is 7.94. The van der Waals surface area contributed by atoms with Crippen LogP contribution in [-0.4, -0.2) is 74.5 Å². The lowest BCUT2D eigenvalue weighted by atomic mass is 10.1. The predicted octanol–water partition coefficient (Wildman–Crippen LogP) is 1.45. The molecule has 2 amide bonds. The predicted molar refractivity (Wildman–Crippen MR) is 119 cm³/mol. The van der Waals surface area contributed by atoms with Gasteiger partial charge in [-0.25, -0.2) is 4.79 Å². The van der Waals surface area contributed by atoms with E-state index in [9.17, 15) is 9.59 Å². The van der Waals surface area contributed by atoms with Crippen LogP contribution in [0, 0.1) is 5.92 Å². The van der Waals surface area contributed by atoms with E-state index in [-0.39, 0.29) is 17.9 Å². The molecule has 1 heterocycles. The average Bonchev–Trinajstić information content (AvgIpc) is 3.51. The van der Waals surface area contributed by atoms with Crippen LogP contribution in [0.3, 0.4) is 0 Å². The van der Waals surface area contributed by atoms with Crippen LogP contribution in [0.2, 0.25) is 0 Å². The molecule has 2 N–H and O–H groups in total. The molecule has 1 aliphatic carbocycles. The first-order valence-corrected chi connectivity index (χ1v) is 11.5. The Bertz CT molecular complexity index is 728. The number of nitrogens with one attached hydrogen (secondary N) is 2. The number of morpholine rings is 1. The van der Waals surface area contributed by atoms with Crippen LogP contribution < -0.4 is 10.2 Å². The second kappa shape index (κ2) is 10.5. The van der Waals surface area contributed by atoms with Gasteiger partial charge in [0.15, 0.2) is 0 Å². The van der Waals surface area contributed by atoms with Crippen molar-refractivity contribution in [2.24, 2.45) is 5.92 Å². The Labute approximate surface area is 186 Å². The van der Waals surface area contributed by atoms with Gasteiger partial charge >= 0.3 is 6.09 Å². The number of amides is 2. The first kappa shape index (κ1) is 23.5. The number of ether oxygens (including phenoxy) is 2. The molecule has 0 unspecified atom stereocenters. The molecule has 2 aliphatic rings. The summed E-state index contributed by atoms with van der Waals surface area (Å²) in [5.74, 6) is 0.538. The minimum atomic E-state index is -0.546. The summed E-state index contributed by atoms with van der Waals surface area (Å²) >= 11 is 0. The topological polar surface area (TPSA) is 72.3 Å². The molecule has 0 spiro atoms. The van der Waals surface area contributed by atoms with Crippen LogP contribution >= 0.6 is 0 Å². The molecular weight excluding hydrogens is 394 g/mol. The number of carbonyl (C=O) groups is 2. The summed E-state index contributed by atoms with van der Waals surface area (Å²) in [6.07, 6.45) is 0.456. The van der Waals surface area contributed by atoms with E-state index in [0.717, 1.165) is 39.3 Å². The van der Waals surface area contributed by atoms with Gasteiger partial charge in [0, 0.05) is 18.5 Å². The lowest BCUT2D eigenvalue weighted by molar-refractivity contribution is -0.907. The molecule has 0 aromatic heterocycles. The highest BCUT2D eigenvalue weighted by atomic mass is 16.6. The van der Waals surface area contributed by atoms with Crippen molar-refractivity contribution in [3.8, 4) is 0 Å². The van der Waals surface area contributed by atoms with Crippen molar-refractivity contribution in [1.82, 2.24) is 10.2 Å². The molecule has 172 valence electrons. The Morgan fingerprint density at radius 2 is 1.90 bits per heavy atom. The van der Waals surface area contributed by atoms with Crippen molar-refractivity contribution in [3.63, 3.8) is 0 Å². The molecule has 7 heteroatoms. The van der Waals surface area contributed by atoms with Gasteiger partial charge in [0.2, 0.25) is 5.91 Å². The number of rotatable bonds is 8. The van der Waals surface area contributed by atoms with Crippen LogP contribution in [0.1, 0.15) is 45.6 Å². The molecule has 31 heavy (non-hydrogen) atoms. The standard InChI is InChI=1S/C24H37N3O4/c1-18(25-23(29)31-24(2,3)4)17-27(11-10-26-12-14-30-15-13-26)22(28)21-16-20(21)19-8-6-5-7-9-19/h5-9,18,20-21H,10-17H2,1-4H3,(H,25,29)/p+1/t18-,20+,21+/m1/s1.